The largest absolute Gasteiger partial charge is 0.467 e. The van der Waals surface area contributed by atoms with E-state index in [0.717, 1.165) is 17.7 Å². The summed E-state index contributed by atoms with van der Waals surface area (Å²) in [6.07, 6.45) is 0.278. The lowest BCUT2D eigenvalue weighted by Gasteiger charge is -2.17. The monoisotopic (exact) mass is 316 g/mol. The Bertz CT molecular complexity index is 704. The second-order valence-corrected chi connectivity index (χ2v) is 4.97. The number of anilines is 1. The third-order valence-electron chi connectivity index (χ3n) is 3.33. The number of ether oxygens (including phenoxy) is 1. The third kappa shape index (κ3) is 4.29. The summed E-state index contributed by atoms with van der Waals surface area (Å²) >= 11 is 0. The van der Waals surface area contributed by atoms with Crippen LogP contribution in [0.15, 0.2) is 48.5 Å². The summed E-state index contributed by atoms with van der Waals surface area (Å²) in [6, 6.07) is 11.8. The fourth-order valence-corrected chi connectivity index (χ4v) is 2.16. The second-order valence-electron chi connectivity index (χ2n) is 4.97. The molecule has 0 bridgehead atoms. The molecule has 0 aliphatic heterocycles. The average molecular weight is 316 g/mol. The molecule has 0 spiro atoms. The van der Waals surface area contributed by atoms with Crippen molar-refractivity contribution in [3.8, 4) is 0 Å². The van der Waals surface area contributed by atoms with E-state index in [9.17, 15) is 14.0 Å². The first kappa shape index (κ1) is 16.5. The van der Waals surface area contributed by atoms with Gasteiger partial charge in [-0.1, -0.05) is 30.3 Å². The van der Waals surface area contributed by atoms with Gasteiger partial charge >= 0.3 is 5.97 Å². The van der Waals surface area contributed by atoms with Gasteiger partial charge in [0.25, 0.3) is 5.91 Å². The molecule has 1 atom stereocenters. The molecule has 0 saturated carbocycles. The van der Waals surface area contributed by atoms with Crippen LogP contribution in [-0.4, -0.2) is 25.0 Å². The molecule has 0 aromatic heterocycles. The average Bonchev–Trinajstić information content (AvgIpc) is 2.54. The van der Waals surface area contributed by atoms with Gasteiger partial charge in [0.15, 0.2) is 0 Å². The Morgan fingerprint density at radius 1 is 1.22 bits per heavy atom. The van der Waals surface area contributed by atoms with Crippen LogP contribution in [-0.2, 0) is 16.0 Å². The number of hydrogen-bond donors (Lipinski definition) is 2. The van der Waals surface area contributed by atoms with Crippen molar-refractivity contribution in [2.24, 2.45) is 0 Å². The van der Waals surface area contributed by atoms with Gasteiger partial charge in [-0.15, -0.1) is 0 Å². The summed E-state index contributed by atoms with van der Waals surface area (Å²) in [4.78, 5) is 24.2. The minimum Gasteiger partial charge on any atom is -0.467 e. The van der Waals surface area contributed by atoms with E-state index in [-0.39, 0.29) is 17.7 Å². The van der Waals surface area contributed by atoms with Crippen LogP contribution < -0.4 is 11.1 Å². The van der Waals surface area contributed by atoms with Crippen LogP contribution in [0.4, 0.5) is 10.1 Å². The molecular weight excluding hydrogens is 299 g/mol. The zero-order valence-electron chi connectivity index (χ0n) is 12.6. The van der Waals surface area contributed by atoms with Crippen molar-refractivity contribution in [1.29, 1.82) is 0 Å². The number of halogens is 1. The molecule has 120 valence electrons. The number of methoxy groups -OCH3 is 1. The van der Waals surface area contributed by atoms with Crippen molar-refractivity contribution in [3.05, 3.63) is 65.5 Å². The van der Waals surface area contributed by atoms with Crippen LogP contribution in [0.25, 0.3) is 0 Å². The molecule has 0 fully saturated rings. The quantitative estimate of drug-likeness (QED) is 0.652. The van der Waals surface area contributed by atoms with Crippen LogP contribution >= 0.6 is 0 Å². The van der Waals surface area contributed by atoms with Gasteiger partial charge < -0.3 is 15.8 Å². The van der Waals surface area contributed by atoms with Gasteiger partial charge in [-0.2, -0.15) is 0 Å². The van der Waals surface area contributed by atoms with Gasteiger partial charge in [0.1, 0.15) is 11.9 Å². The Balaban J connectivity index is 2.17. The van der Waals surface area contributed by atoms with E-state index < -0.39 is 23.7 Å². The maximum Gasteiger partial charge on any atom is 0.328 e. The first-order valence-corrected chi connectivity index (χ1v) is 6.99. The summed E-state index contributed by atoms with van der Waals surface area (Å²) in [5.41, 5.74) is 6.62. The fraction of sp³-hybridized carbons (Fsp3) is 0.176. The van der Waals surface area contributed by atoms with Crippen molar-refractivity contribution in [3.63, 3.8) is 0 Å². The van der Waals surface area contributed by atoms with E-state index in [1.807, 2.05) is 30.3 Å². The Morgan fingerprint density at radius 2 is 1.91 bits per heavy atom. The number of hydrogen-bond acceptors (Lipinski definition) is 4. The lowest BCUT2D eigenvalue weighted by molar-refractivity contribution is -0.142. The minimum atomic E-state index is -0.862. The fourth-order valence-electron chi connectivity index (χ4n) is 2.16. The predicted molar refractivity (Wildman–Crippen MR) is 84.2 cm³/mol. The van der Waals surface area contributed by atoms with Crippen molar-refractivity contribution in [1.82, 2.24) is 5.32 Å². The lowest BCUT2D eigenvalue weighted by atomic mass is 10.1. The molecule has 0 heterocycles. The molecule has 0 unspecified atom stereocenters. The van der Waals surface area contributed by atoms with Gasteiger partial charge in [-0.25, -0.2) is 9.18 Å². The molecule has 1 amide bonds. The molecule has 0 radical (unpaired) electrons. The normalized spacial score (nSPS) is 11.6. The molecule has 5 nitrogen and oxygen atoms in total. The molecule has 0 saturated heterocycles. The Morgan fingerprint density at radius 3 is 2.52 bits per heavy atom. The summed E-state index contributed by atoms with van der Waals surface area (Å²) in [7, 11) is 1.25. The number of esters is 1. The zero-order valence-corrected chi connectivity index (χ0v) is 12.6. The molecule has 0 aliphatic carbocycles. The van der Waals surface area contributed by atoms with Crippen molar-refractivity contribution in [2.45, 2.75) is 12.5 Å². The van der Waals surface area contributed by atoms with Gasteiger partial charge in [0.2, 0.25) is 0 Å². The predicted octanol–water partition coefficient (Wildman–Crippen LogP) is 1.92. The molecular formula is C17H17FN2O3. The van der Waals surface area contributed by atoms with Gasteiger partial charge in [0, 0.05) is 12.1 Å². The summed E-state index contributed by atoms with van der Waals surface area (Å²) < 4.78 is 17.8. The smallest absolute Gasteiger partial charge is 0.328 e. The standard InChI is InChI=1S/C17H17FN2O3/c1-23-17(22)15(9-11-5-3-2-4-6-11)20-16(21)13-8-7-12(18)10-14(13)19/h2-8,10,15H,9,19H2,1H3,(H,20,21)/t15-/m0/s1. The number of carbonyl (C=O) groups is 2. The third-order valence-corrected chi connectivity index (χ3v) is 3.33. The number of carbonyl (C=O) groups excluding carboxylic acids is 2. The van der Waals surface area contributed by atoms with E-state index in [1.54, 1.807) is 0 Å². The Hall–Kier alpha value is -2.89. The van der Waals surface area contributed by atoms with Crippen LogP contribution in [0.3, 0.4) is 0 Å². The highest BCUT2D eigenvalue weighted by molar-refractivity contribution is 6.01. The first-order chi connectivity index (χ1) is 11.0. The maximum absolute atomic E-state index is 13.1. The molecule has 3 N–H and O–H groups in total. The molecule has 2 aromatic rings. The SMILES string of the molecule is COC(=O)[C@H](Cc1ccccc1)NC(=O)c1ccc(F)cc1N. The van der Waals surface area contributed by atoms with Crippen LogP contribution in [0.5, 0.6) is 0 Å². The number of nitrogens with two attached hydrogens (primary N) is 1. The van der Waals surface area contributed by atoms with E-state index in [0.29, 0.717) is 0 Å². The topological polar surface area (TPSA) is 81.4 Å². The van der Waals surface area contributed by atoms with Crippen molar-refractivity contribution in [2.75, 3.05) is 12.8 Å². The summed E-state index contributed by atoms with van der Waals surface area (Å²) in [5, 5.41) is 2.58. The maximum atomic E-state index is 13.1. The second kappa shape index (κ2) is 7.40. The van der Waals surface area contributed by atoms with E-state index in [4.69, 9.17) is 10.5 Å². The Kier molecular flexibility index (Phi) is 5.30. The van der Waals surface area contributed by atoms with Crippen LogP contribution in [0.1, 0.15) is 15.9 Å². The number of nitrogens with one attached hydrogen (secondary N) is 1. The minimum absolute atomic E-state index is 0.00540. The van der Waals surface area contributed by atoms with Crippen molar-refractivity contribution < 1.29 is 18.7 Å². The zero-order chi connectivity index (χ0) is 16.8. The highest BCUT2D eigenvalue weighted by Crippen LogP contribution is 2.14. The van der Waals surface area contributed by atoms with E-state index >= 15 is 0 Å². The molecule has 0 aliphatic rings. The van der Waals surface area contributed by atoms with Gasteiger partial charge in [-0.3, -0.25) is 4.79 Å². The molecule has 6 heteroatoms. The van der Waals surface area contributed by atoms with Gasteiger partial charge in [0.05, 0.1) is 12.7 Å². The number of nitrogen functional groups attached to an aromatic ring is 1. The van der Waals surface area contributed by atoms with Crippen LogP contribution in [0, 0.1) is 5.82 Å². The van der Waals surface area contributed by atoms with E-state index in [1.165, 1.54) is 13.2 Å². The first-order valence-electron chi connectivity index (χ1n) is 6.99. The molecule has 2 aromatic carbocycles. The van der Waals surface area contributed by atoms with Crippen LogP contribution in [0.2, 0.25) is 0 Å². The van der Waals surface area contributed by atoms with Gasteiger partial charge in [-0.05, 0) is 23.8 Å². The number of benzene rings is 2. The van der Waals surface area contributed by atoms with E-state index in [2.05, 4.69) is 5.32 Å². The number of rotatable bonds is 5. The number of amides is 1. The highest BCUT2D eigenvalue weighted by Gasteiger charge is 2.23. The highest BCUT2D eigenvalue weighted by atomic mass is 19.1. The summed E-state index contributed by atoms with van der Waals surface area (Å²) in [6.45, 7) is 0. The lowest BCUT2D eigenvalue weighted by Crippen LogP contribution is -2.43. The Labute approximate surface area is 133 Å². The summed E-state index contributed by atoms with van der Waals surface area (Å²) in [5.74, 6) is -1.66. The molecule has 2 rings (SSSR count). The molecule has 23 heavy (non-hydrogen) atoms. The van der Waals surface area contributed by atoms with Crippen molar-refractivity contribution >= 4 is 17.6 Å².